The highest BCUT2D eigenvalue weighted by atomic mass is 35.5. The number of alkyl halides is 4. The molecule has 3 unspecified atom stereocenters. The molecular formula is C72H116ClF3N12O12. The van der Waals surface area contributed by atoms with E-state index in [2.05, 4.69) is 28.2 Å². The molecule has 0 radical (unpaired) electrons. The number of fused-ring (bicyclic) bond motifs is 2. The summed E-state index contributed by atoms with van der Waals surface area (Å²) in [6.45, 7) is 14.7. The van der Waals surface area contributed by atoms with Crippen LogP contribution in [-0.4, -0.2) is 250 Å². The highest BCUT2D eigenvalue weighted by Crippen LogP contribution is 2.44. The van der Waals surface area contributed by atoms with Gasteiger partial charge in [0.15, 0.2) is 0 Å². The first-order valence-corrected chi connectivity index (χ1v) is 37.6. The van der Waals surface area contributed by atoms with Crippen molar-refractivity contribution in [3.63, 3.8) is 0 Å². The summed E-state index contributed by atoms with van der Waals surface area (Å²) in [5.74, 6) is -10.6. The molecule has 7 rings (SSSR count). The molecule has 0 bridgehead atoms. The molecule has 28 heteroatoms. The smallest absolute Gasteiger partial charge is 0.343 e. The van der Waals surface area contributed by atoms with Crippen molar-refractivity contribution >= 4 is 82.5 Å². The number of nitrogens with one attached hydrogen (secondary N) is 4. The second-order valence-electron chi connectivity index (χ2n) is 31.3. The standard InChI is InChI=1S/C72H116ClF3N12O12/c1-14-45(7)59-69(99)82(10)46(8)64(94)88-36-30-54(88)68(98)84(12)56(39-47-21-16-15-17-22-47)67(97)81(9)41-57(89)77-51(27-25-48-24-26-49(50(73)38-48)72(74,75)76)66(96)87-33-20-23-53(87)62(92)80-71(31-18-19-32-71)70(100)85(13)60(43(4)5)63(93)78-52(65(95)86-34-28-44(6)29-35-86)40-58(90)83(11)55(37-42(2)3)61(91)79-59/h42-56,59-60H,14-41H2,1-13H3,(H,77,89)(H,78,93)(H,79,91)(H,80,92)/t45-,46-,48?,49?,50?,51-,52-,53-,54-,55-,56-,59-,60-/m0/s1. The van der Waals surface area contributed by atoms with Crippen LogP contribution < -0.4 is 21.3 Å². The van der Waals surface area contributed by atoms with E-state index in [1.165, 1.54) is 76.5 Å². The number of piperidine rings is 1. The van der Waals surface area contributed by atoms with Crippen molar-refractivity contribution in [2.45, 2.75) is 275 Å². The number of likely N-dealkylation sites (tertiary alicyclic amines) is 1. The molecule has 100 heavy (non-hydrogen) atoms. The zero-order chi connectivity index (χ0) is 74.0. The fourth-order valence-electron chi connectivity index (χ4n) is 16.4. The van der Waals surface area contributed by atoms with Gasteiger partial charge in [-0.25, -0.2) is 0 Å². The van der Waals surface area contributed by atoms with E-state index in [9.17, 15) is 51.5 Å². The number of rotatable bonds is 11. The molecule has 0 aromatic rings. The Balaban J connectivity index is 1.26. The van der Waals surface area contributed by atoms with Gasteiger partial charge in [-0.15, -0.1) is 11.6 Å². The van der Waals surface area contributed by atoms with Crippen molar-refractivity contribution in [2.24, 2.45) is 41.4 Å². The zero-order valence-corrected chi connectivity index (χ0v) is 62.4. The average molecular weight is 1430 g/mol. The molecule has 13 atom stereocenters. The maximum Gasteiger partial charge on any atom is 0.393 e. The number of likely N-dealkylation sites (N-methyl/N-ethyl adjacent to an activating group) is 5. The van der Waals surface area contributed by atoms with Crippen molar-refractivity contribution in [3.05, 3.63) is 0 Å². The van der Waals surface area contributed by atoms with Gasteiger partial charge in [-0.3, -0.25) is 57.5 Å². The van der Waals surface area contributed by atoms with Crippen molar-refractivity contribution in [3.8, 4) is 0 Å². The Bertz CT molecular complexity index is 2940. The van der Waals surface area contributed by atoms with Crippen LogP contribution in [0, 0.1) is 41.4 Å². The van der Waals surface area contributed by atoms with Crippen LogP contribution in [-0.2, 0) is 57.5 Å². The highest BCUT2D eigenvalue weighted by molar-refractivity contribution is 6.21. The number of hydrogen-bond acceptors (Lipinski definition) is 12. The highest BCUT2D eigenvalue weighted by Gasteiger charge is 2.52. The maximum absolute atomic E-state index is 15.4. The SMILES string of the molecule is CC[C@H](C)[C@@H]1NC(=O)[C@H](CC(C)C)N(C)C(=O)C[C@@H](C(=O)N2CCC(C)CC2)NC(=O)[C@H](C(C)C)N(C)C(=O)C2(CCCC2)NC(=O)[C@@H]2CCCN2C(=O)[C@H](CCC2CCC(C(F)(F)F)C(Cl)C2)NC(=O)CN(C)C(=O)[C@H](CC2CCCCC2)N(C)C(=O)[C@@H]2CCN2C(=O)[C@H](C)N(C)C1=O. The summed E-state index contributed by atoms with van der Waals surface area (Å²) >= 11 is 6.40. The fourth-order valence-corrected chi connectivity index (χ4v) is 16.9. The van der Waals surface area contributed by atoms with E-state index >= 15 is 19.2 Å². The van der Waals surface area contributed by atoms with E-state index in [-0.39, 0.29) is 101 Å². The fraction of sp³-hybridized carbons (Fsp3) is 0.833. The number of amides is 12. The Morgan fingerprint density at radius 3 is 1.83 bits per heavy atom. The third-order valence-corrected chi connectivity index (χ3v) is 23.7. The molecule has 1 spiro atoms. The van der Waals surface area contributed by atoms with Crippen molar-refractivity contribution in [1.82, 2.24) is 60.5 Å². The molecule has 7 fully saturated rings. The van der Waals surface area contributed by atoms with Gasteiger partial charge in [0, 0.05) is 66.8 Å². The summed E-state index contributed by atoms with van der Waals surface area (Å²) in [5.41, 5.74) is -1.57. The summed E-state index contributed by atoms with van der Waals surface area (Å²) in [6, 6.07) is -10.9. The van der Waals surface area contributed by atoms with Gasteiger partial charge in [-0.05, 0) is 132 Å². The Morgan fingerprint density at radius 2 is 1.25 bits per heavy atom. The van der Waals surface area contributed by atoms with Crippen molar-refractivity contribution in [2.75, 3.05) is 68.0 Å². The molecule has 4 N–H and O–H groups in total. The second kappa shape index (κ2) is 35.3. The molecular weight excluding hydrogens is 1320 g/mol. The van der Waals surface area contributed by atoms with Crippen molar-refractivity contribution < 1.29 is 70.7 Å². The summed E-state index contributed by atoms with van der Waals surface area (Å²) in [4.78, 5) is 190. The molecule has 0 aromatic carbocycles. The number of carbonyl (C=O) groups is 12. The lowest BCUT2D eigenvalue weighted by Crippen LogP contribution is -2.65. The minimum atomic E-state index is -4.51. The maximum atomic E-state index is 15.4. The van der Waals surface area contributed by atoms with Gasteiger partial charge in [0.2, 0.25) is 70.9 Å². The van der Waals surface area contributed by atoms with E-state index in [0.29, 0.717) is 57.5 Å². The molecule has 564 valence electrons. The van der Waals surface area contributed by atoms with Crippen molar-refractivity contribution in [1.29, 1.82) is 0 Å². The van der Waals surface area contributed by atoms with Gasteiger partial charge < -0.3 is 60.5 Å². The largest absolute Gasteiger partial charge is 0.393 e. The molecule has 3 saturated carbocycles. The van der Waals surface area contributed by atoms with Gasteiger partial charge in [-0.1, -0.05) is 99.8 Å². The lowest BCUT2D eigenvalue weighted by Gasteiger charge is -2.45. The Labute approximate surface area is 595 Å². The van der Waals surface area contributed by atoms with Gasteiger partial charge in [0.1, 0.15) is 59.9 Å². The number of hydrogen-bond donors (Lipinski definition) is 4. The topological polar surface area (TPSA) is 279 Å². The van der Waals surface area contributed by atoms with Crippen LogP contribution in [0.25, 0.3) is 0 Å². The summed E-state index contributed by atoms with van der Waals surface area (Å²) < 4.78 is 42.0. The van der Waals surface area contributed by atoms with Crippen LogP contribution in [0.3, 0.4) is 0 Å². The Hall–Kier alpha value is -6.28. The third kappa shape index (κ3) is 19.5. The van der Waals surface area contributed by atoms with Gasteiger partial charge in [0.05, 0.1) is 18.9 Å². The van der Waals surface area contributed by atoms with Crippen LogP contribution in [0.4, 0.5) is 13.2 Å². The number of carbonyl (C=O) groups excluding carboxylic acids is 12. The predicted octanol–water partition coefficient (Wildman–Crippen LogP) is 6.00. The summed E-state index contributed by atoms with van der Waals surface area (Å²) in [7, 11) is 7.22. The third-order valence-electron chi connectivity index (χ3n) is 23.2. The van der Waals surface area contributed by atoms with E-state index in [1.54, 1.807) is 25.7 Å². The van der Waals surface area contributed by atoms with Crippen LogP contribution in [0.2, 0.25) is 0 Å². The quantitative estimate of drug-likeness (QED) is 0.174. The number of halogens is 4. The summed E-state index contributed by atoms with van der Waals surface area (Å²) in [6.07, 6.45) is 3.62. The van der Waals surface area contributed by atoms with Crippen LogP contribution in [0.5, 0.6) is 0 Å². The van der Waals surface area contributed by atoms with E-state index in [4.69, 9.17) is 11.6 Å². The normalized spacial score (nSPS) is 31.1. The average Bonchev–Trinajstić information content (AvgIpc) is 1.55. The molecule has 24 nitrogen and oxygen atoms in total. The lowest BCUT2D eigenvalue weighted by atomic mass is 9.78. The molecule has 0 aromatic heterocycles. The molecule has 4 aliphatic heterocycles. The van der Waals surface area contributed by atoms with Crippen LogP contribution >= 0.6 is 11.6 Å². The van der Waals surface area contributed by atoms with E-state index < -0.39 is 173 Å². The molecule has 7 aliphatic rings. The molecule has 4 saturated heterocycles. The molecule has 4 heterocycles. The van der Waals surface area contributed by atoms with E-state index in [1.807, 2.05) is 20.8 Å². The Morgan fingerprint density at radius 1 is 0.610 bits per heavy atom. The predicted molar refractivity (Wildman–Crippen MR) is 370 cm³/mol. The monoisotopic (exact) mass is 1430 g/mol. The van der Waals surface area contributed by atoms with Crippen LogP contribution in [0.15, 0.2) is 0 Å². The van der Waals surface area contributed by atoms with Gasteiger partial charge >= 0.3 is 6.18 Å². The minimum absolute atomic E-state index is 0.000220. The zero-order valence-electron chi connectivity index (χ0n) is 61.6. The minimum Gasteiger partial charge on any atom is -0.343 e. The first-order chi connectivity index (χ1) is 47.0. The first kappa shape index (κ1) is 81.0. The molecule has 12 amide bonds. The lowest BCUT2D eigenvalue weighted by molar-refractivity contribution is -0.182. The van der Waals surface area contributed by atoms with Gasteiger partial charge in [-0.2, -0.15) is 13.2 Å². The number of nitrogens with zero attached hydrogens (tertiary/aromatic N) is 8. The second-order valence-corrected chi connectivity index (χ2v) is 31.8. The first-order valence-electron chi connectivity index (χ1n) is 37.2. The summed E-state index contributed by atoms with van der Waals surface area (Å²) in [5, 5.41) is 10.5. The van der Waals surface area contributed by atoms with Gasteiger partial charge in [0.25, 0.3) is 0 Å². The Kier molecular flexibility index (Phi) is 28.6. The molecule has 3 aliphatic carbocycles. The van der Waals surface area contributed by atoms with E-state index in [0.717, 1.165) is 32.1 Å². The van der Waals surface area contributed by atoms with Crippen LogP contribution in [0.1, 0.15) is 203 Å².